The van der Waals surface area contributed by atoms with Crippen LogP contribution in [0.4, 0.5) is 0 Å². The predicted octanol–water partition coefficient (Wildman–Crippen LogP) is 3.20. The first-order valence-corrected chi connectivity index (χ1v) is 7.20. The number of nitrogens with two attached hydrogens (primary N) is 1. The zero-order valence-corrected chi connectivity index (χ0v) is 11.8. The molecule has 0 aliphatic heterocycles. The molecule has 1 aromatic carbocycles. The van der Waals surface area contributed by atoms with Crippen molar-refractivity contribution in [2.75, 3.05) is 0 Å². The maximum absolute atomic E-state index is 5.63. The summed E-state index contributed by atoms with van der Waals surface area (Å²) >= 11 is 1.59. The topological polar surface area (TPSA) is 56.7 Å². The zero-order valence-electron chi connectivity index (χ0n) is 11.0. The van der Waals surface area contributed by atoms with Gasteiger partial charge in [0.1, 0.15) is 10.7 Å². The third kappa shape index (κ3) is 2.05. The summed E-state index contributed by atoms with van der Waals surface area (Å²) in [4.78, 5) is 9.27. The number of imidazole rings is 1. The molecule has 0 fully saturated rings. The van der Waals surface area contributed by atoms with E-state index in [-0.39, 0.29) is 0 Å². The fourth-order valence-electron chi connectivity index (χ4n) is 2.26. The van der Waals surface area contributed by atoms with Gasteiger partial charge >= 0.3 is 0 Å². The summed E-state index contributed by atoms with van der Waals surface area (Å²) in [6, 6.07) is 8.52. The van der Waals surface area contributed by atoms with Crippen molar-refractivity contribution >= 4 is 22.4 Å². The molecule has 0 aliphatic rings. The van der Waals surface area contributed by atoms with Crippen molar-refractivity contribution in [2.24, 2.45) is 5.73 Å². The molecule has 0 amide bonds. The lowest BCUT2D eigenvalue weighted by atomic mass is 10.3. The number of rotatable bonds is 3. The lowest BCUT2D eigenvalue weighted by molar-refractivity contribution is 0.623. The smallest absolute Gasteiger partial charge is 0.160 e. The largest absolute Gasteiger partial charge is 0.325 e. The van der Waals surface area contributed by atoms with Gasteiger partial charge in [0.2, 0.25) is 0 Å². The van der Waals surface area contributed by atoms with Gasteiger partial charge in [-0.2, -0.15) is 0 Å². The lowest BCUT2D eigenvalue weighted by Crippen LogP contribution is -2.03. The minimum atomic E-state index is 0.338. The quantitative estimate of drug-likeness (QED) is 0.796. The van der Waals surface area contributed by atoms with E-state index < -0.39 is 0 Å². The highest BCUT2D eigenvalue weighted by atomic mass is 32.1. The van der Waals surface area contributed by atoms with Gasteiger partial charge in [0.25, 0.3) is 0 Å². The molecule has 0 saturated heterocycles. The number of hydrogen-bond acceptors (Lipinski definition) is 4. The van der Waals surface area contributed by atoms with E-state index in [0.29, 0.717) is 12.6 Å². The van der Waals surface area contributed by atoms with Crippen LogP contribution in [0.3, 0.4) is 0 Å². The standard InChI is InChI=1S/C14H16N4S/c1-9(2)18-12-6-4-3-5-10(12)17-14(18)11-8-19-13(7-15)16-11/h3-6,8-9H,7,15H2,1-2H3. The molecule has 0 atom stereocenters. The van der Waals surface area contributed by atoms with Gasteiger partial charge in [-0.05, 0) is 26.0 Å². The molecule has 3 aromatic rings. The van der Waals surface area contributed by atoms with E-state index in [2.05, 4.69) is 29.5 Å². The maximum Gasteiger partial charge on any atom is 0.160 e. The van der Waals surface area contributed by atoms with E-state index in [0.717, 1.165) is 27.6 Å². The van der Waals surface area contributed by atoms with Crippen LogP contribution in [-0.2, 0) is 6.54 Å². The monoisotopic (exact) mass is 272 g/mol. The minimum absolute atomic E-state index is 0.338. The van der Waals surface area contributed by atoms with Gasteiger partial charge < -0.3 is 10.3 Å². The van der Waals surface area contributed by atoms with E-state index in [1.54, 1.807) is 11.3 Å². The van der Waals surface area contributed by atoms with Gasteiger partial charge in [-0.15, -0.1) is 11.3 Å². The SMILES string of the molecule is CC(C)n1c(-c2csc(CN)n2)nc2ccccc21. The summed E-state index contributed by atoms with van der Waals surface area (Å²) in [5, 5.41) is 2.97. The maximum atomic E-state index is 5.63. The Morgan fingerprint density at radius 1 is 1.26 bits per heavy atom. The van der Waals surface area contributed by atoms with Crippen LogP contribution in [0.2, 0.25) is 0 Å². The van der Waals surface area contributed by atoms with Crippen LogP contribution >= 0.6 is 11.3 Å². The molecule has 19 heavy (non-hydrogen) atoms. The second-order valence-electron chi connectivity index (χ2n) is 4.72. The summed E-state index contributed by atoms with van der Waals surface area (Å²) in [5.74, 6) is 0.923. The molecule has 4 nitrogen and oxygen atoms in total. The number of aromatic nitrogens is 3. The molecule has 98 valence electrons. The molecule has 2 N–H and O–H groups in total. The van der Waals surface area contributed by atoms with Crippen LogP contribution < -0.4 is 5.73 Å². The molecule has 2 heterocycles. The van der Waals surface area contributed by atoms with Gasteiger partial charge in [0.05, 0.1) is 11.0 Å². The van der Waals surface area contributed by atoms with Crippen molar-refractivity contribution in [2.45, 2.75) is 26.4 Å². The van der Waals surface area contributed by atoms with Crippen molar-refractivity contribution in [1.82, 2.24) is 14.5 Å². The molecule has 5 heteroatoms. The Kier molecular flexibility index (Phi) is 3.08. The third-order valence-electron chi connectivity index (χ3n) is 3.07. The van der Waals surface area contributed by atoms with Crippen LogP contribution in [-0.4, -0.2) is 14.5 Å². The number of thiazole rings is 1. The molecular formula is C14H16N4S. The lowest BCUT2D eigenvalue weighted by Gasteiger charge is -2.11. The minimum Gasteiger partial charge on any atom is -0.325 e. The fraction of sp³-hybridized carbons (Fsp3) is 0.286. The van der Waals surface area contributed by atoms with Gasteiger partial charge in [0.15, 0.2) is 5.82 Å². The average Bonchev–Trinajstić information content (AvgIpc) is 3.02. The summed E-state index contributed by atoms with van der Waals surface area (Å²) in [6.45, 7) is 4.80. The van der Waals surface area contributed by atoms with Crippen molar-refractivity contribution < 1.29 is 0 Å². The Bertz CT molecular complexity index is 711. The molecule has 0 aliphatic carbocycles. The van der Waals surface area contributed by atoms with Crippen molar-refractivity contribution in [1.29, 1.82) is 0 Å². The second-order valence-corrected chi connectivity index (χ2v) is 5.66. The summed E-state index contributed by atoms with van der Waals surface area (Å²) in [5.41, 5.74) is 8.70. The number of fused-ring (bicyclic) bond motifs is 1. The van der Waals surface area contributed by atoms with E-state index in [1.165, 1.54) is 0 Å². The van der Waals surface area contributed by atoms with Crippen LogP contribution in [0.1, 0.15) is 24.9 Å². The number of benzene rings is 1. The van der Waals surface area contributed by atoms with E-state index >= 15 is 0 Å². The highest BCUT2D eigenvalue weighted by molar-refractivity contribution is 7.09. The number of hydrogen-bond donors (Lipinski definition) is 1. The van der Waals surface area contributed by atoms with E-state index in [1.807, 2.05) is 23.6 Å². The van der Waals surface area contributed by atoms with Crippen LogP contribution in [0.15, 0.2) is 29.6 Å². The highest BCUT2D eigenvalue weighted by Gasteiger charge is 2.16. The Hall–Kier alpha value is -1.72. The normalized spacial score (nSPS) is 11.6. The Morgan fingerprint density at radius 3 is 2.74 bits per heavy atom. The molecule has 3 rings (SSSR count). The van der Waals surface area contributed by atoms with E-state index in [9.17, 15) is 0 Å². The molecule has 0 radical (unpaired) electrons. The molecule has 0 spiro atoms. The summed E-state index contributed by atoms with van der Waals surface area (Å²) < 4.78 is 2.23. The molecule has 2 aromatic heterocycles. The van der Waals surface area contributed by atoms with Crippen molar-refractivity contribution in [3.8, 4) is 11.5 Å². The van der Waals surface area contributed by atoms with Gasteiger partial charge in [-0.25, -0.2) is 9.97 Å². The molecular weight excluding hydrogens is 256 g/mol. The Balaban J connectivity index is 2.24. The van der Waals surface area contributed by atoms with Gasteiger partial charge in [-0.3, -0.25) is 0 Å². The Morgan fingerprint density at radius 2 is 2.05 bits per heavy atom. The van der Waals surface area contributed by atoms with Crippen molar-refractivity contribution in [3.63, 3.8) is 0 Å². The predicted molar refractivity (Wildman–Crippen MR) is 79.1 cm³/mol. The van der Waals surface area contributed by atoms with Crippen molar-refractivity contribution in [3.05, 3.63) is 34.7 Å². The first kappa shape index (κ1) is 12.3. The zero-order chi connectivity index (χ0) is 13.4. The second kappa shape index (κ2) is 4.75. The Labute approximate surface area is 115 Å². The molecule has 0 saturated carbocycles. The third-order valence-corrected chi connectivity index (χ3v) is 3.94. The molecule has 0 bridgehead atoms. The number of nitrogens with zero attached hydrogens (tertiary/aromatic N) is 3. The highest BCUT2D eigenvalue weighted by Crippen LogP contribution is 2.28. The van der Waals surface area contributed by atoms with Gasteiger partial charge in [-0.1, -0.05) is 12.1 Å². The summed E-state index contributed by atoms with van der Waals surface area (Å²) in [6.07, 6.45) is 0. The van der Waals surface area contributed by atoms with Crippen LogP contribution in [0, 0.1) is 0 Å². The first-order valence-electron chi connectivity index (χ1n) is 6.32. The first-order chi connectivity index (χ1) is 9.20. The molecule has 0 unspecified atom stereocenters. The number of para-hydroxylation sites is 2. The van der Waals surface area contributed by atoms with Gasteiger partial charge in [0, 0.05) is 18.0 Å². The van der Waals surface area contributed by atoms with Crippen LogP contribution in [0.25, 0.3) is 22.6 Å². The average molecular weight is 272 g/mol. The van der Waals surface area contributed by atoms with Crippen LogP contribution in [0.5, 0.6) is 0 Å². The summed E-state index contributed by atoms with van der Waals surface area (Å²) in [7, 11) is 0. The fourth-order valence-corrected chi connectivity index (χ4v) is 2.91. The van der Waals surface area contributed by atoms with E-state index in [4.69, 9.17) is 10.7 Å².